The van der Waals surface area contributed by atoms with E-state index in [4.69, 9.17) is 9.47 Å². The fourth-order valence-electron chi connectivity index (χ4n) is 2.46. The fourth-order valence-corrected chi connectivity index (χ4v) is 4.31. The molecule has 1 heterocycles. The third-order valence-corrected chi connectivity index (χ3v) is 5.20. The minimum atomic E-state index is -3.15. The highest BCUT2D eigenvalue weighted by atomic mass is 32.2. The van der Waals surface area contributed by atoms with Crippen LogP contribution in [-0.4, -0.2) is 52.2 Å². The Hall–Kier alpha value is -1.60. The van der Waals surface area contributed by atoms with Crippen molar-refractivity contribution in [2.45, 2.75) is 18.6 Å². The second kappa shape index (κ2) is 6.44. The van der Waals surface area contributed by atoms with E-state index in [1.165, 1.54) is 7.11 Å². The van der Waals surface area contributed by atoms with E-state index in [9.17, 15) is 13.2 Å². The number of hydrogen-bond acceptors (Lipinski definition) is 5. The molecule has 1 fully saturated rings. The van der Waals surface area contributed by atoms with E-state index >= 15 is 0 Å². The van der Waals surface area contributed by atoms with Crippen molar-refractivity contribution in [3.63, 3.8) is 0 Å². The number of hydrogen-bond donors (Lipinski definition) is 1. The molecule has 1 aliphatic rings. The Morgan fingerprint density at radius 1 is 1.29 bits per heavy atom. The van der Waals surface area contributed by atoms with Crippen molar-refractivity contribution >= 4 is 15.7 Å². The van der Waals surface area contributed by atoms with E-state index in [1.807, 2.05) is 12.1 Å². The molecule has 7 heteroatoms. The predicted molar refractivity (Wildman–Crippen MR) is 78.1 cm³/mol. The number of ether oxygens (including phenoxy) is 2. The minimum Gasteiger partial charge on any atom is -0.496 e. The Labute approximate surface area is 124 Å². The largest absolute Gasteiger partial charge is 0.496 e. The Balaban J connectivity index is 2.02. The van der Waals surface area contributed by atoms with Gasteiger partial charge in [0.15, 0.2) is 9.84 Å². The standard InChI is InChI=1S/C14H19NO5S/c1-19-12-6-4-3-5-10(12)7-14(16)15-11-8-21(17,18)9-13(11)20-2/h3-6,11,13H,7-9H2,1-2H3,(H,15,16). The molecule has 116 valence electrons. The van der Waals surface area contributed by atoms with Crippen LogP contribution in [0.1, 0.15) is 5.56 Å². The summed E-state index contributed by atoms with van der Waals surface area (Å²) >= 11 is 0. The number of amides is 1. The molecule has 1 aromatic carbocycles. The van der Waals surface area contributed by atoms with Crippen LogP contribution in [0.3, 0.4) is 0 Å². The maximum absolute atomic E-state index is 12.1. The van der Waals surface area contributed by atoms with Crippen LogP contribution < -0.4 is 10.1 Å². The molecule has 21 heavy (non-hydrogen) atoms. The Morgan fingerprint density at radius 3 is 2.67 bits per heavy atom. The van der Waals surface area contributed by atoms with Gasteiger partial charge in [-0.15, -0.1) is 0 Å². The molecule has 1 aromatic rings. The van der Waals surface area contributed by atoms with Crippen LogP contribution in [0, 0.1) is 0 Å². The number of nitrogens with one attached hydrogen (secondary N) is 1. The summed E-state index contributed by atoms with van der Waals surface area (Å²) in [5.74, 6) is 0.255. The summed E-state index contributed by atoms with van der Waals surface area (Å²) in [5.41, 5.74) is 0.757. The average Bonchev–Trinajstić information content (AvgIpc) is 2.73. The van der Waals surface area contributed by atoms with Crippen LogP contribution in [-0.2, 0) is 25.8 Å². The number of para-hydroxylation sites is 1. The number of methoxy groups -OCH3 is 2. The van der Waals surface area contributed by atoms with Crippen LogP contribution in [0.2, 0.25) is 0 Å². The van der Waals surface area contributed by atoms with E-state index in [0.717, 1.165) is 5.56 Å². The lowest BCUT2D eigenvalue weighted by Crippen LogP contribution is -2.44. The normalized spacial score (nSPS) is 23.7. The molecular weight excluding hydrogens is 294 g/mol. The molecule has 0 aliphatic carbocycles. The van der Waals surface area contributed by atoms with Crippen molar-refractivity contribution in [2.75, 3.05) is 25.7 Å². The van der Waals surface area contributed by atoms with Crippen LogP contribution in [0.15, 0.2) is 24.3 Å². The smallest absolute Gasteiger partial charge is 0.224 e. The van der Waals surface area contributed by atoms with E-state index in [2.05, 4.69) is 5.32 Å². The van der Waals surface area contributed by atoms with Gasteiger partial charge in [-0.2, -0.15) is 0 Å². The van der Waals surface area contributed by atoms with E-state index in [-0.39, 0.29) is 23.8 Å². The SMILES string of the molecule is COc1ccccc1CC(=O)NC1CS(=O)(=O)CC1OC. The van der Waals surface area contributed by atoms with Crippen molar-refractivity contribution in [2.24, 2.45) is 0 Å². The highest BCUT2D eigenvalue weighted by molar-refractivity contribution is 7.91. The van der Waals surface area contributed by atoms with Crippen molar-refractivity contribution < 1.29 is 22.7 Å². The van der Waals surface area contributed by atoms with Gasteiger partial charge in [0.25, 0.3) is 0 Å². The minimum absolute atomic E-state index is 0.0525. The molecule has 2 atom stereocenters. The highest BCUT2D eigenvalue weighted by Crippen LogP contribution is 2.19. The van der Waals surface area contributed by atoms with Gasteiger partial charge in [-0.25, -0.2) is 8.42 Å². The van der Waals surface area contributed by atoms with Crippen molar-refractivity contribution in [3.8, 4) is 5.75 Å². The Kier molecular flexibility index (Phi) is 4.84. The first kappa shape index (κ1) is 15.8. The number of benzene rings is 1. The molecule has 1 amide bonds. The van der Waals surface area contributed by atoms with Gasteiger partial charge in [0, 0.05) is 12.7 Å². The Morgan fingerprint density at radius 2 is 2.00 bits per heavy atom. The molecule has 2 unspecified atom stereocenters. The Bertz CT molecular complexity index is 614. The van der Waals surface area contributed by atoms with E-state index in [0.29, 0.717) is 5.75 Å². The van der Waals surface area contributed by atoms with E-state index < -0.39 is 22.0 Å². The first-order valence-electron chi connectivity index (χ1n) is 6.59. The van der Waals surface area contributed by atoms with Crippen molar-refractivity contribution in [1.29, 1.82) is 0 Å². The van der Waals surface area contributed by atoms with Gasteiger partial charge in [-0.05, 0) is 6.07 Å². The second-order valence-corrected chi connectivity index (χ2v) is 7.17. The lowest BCUT2D eigenvalue weighted by molar-refractivity contribution is -0.121. The predicted octanol–water partition coefficient (Wildman–Crippen LogP) is 0.166. The molecule has 0 bridgehead atoms. The summed E-state index contributed by atoms with van der Waals surface area (Å²) in [5, 5.41) is 2.74. The number of carbonyl (C=O) groups is 1. The monoisotopic (exact) mass is 313 g/mol. The fraction of sp³-hybridized carbons (Fsp3) is 0.500. The first-order valence-corrected chi connectivity index (χ1v) is 8.42. The molecule has 1 saturated heterocycles. The third-order valence-electron chi connectivity index (χ3n) is 3.49. The number of sulfone groups is 1. The van der Waals surface area contributed by atoms with E-state index in [1.54, 1.807) is 19.2 Å². The molecule has 0 spiro atoms. The van der Waals surface area contributed by atoms with Crippen LogP contribution in [0.25, 0.3) is 0 Å². The molecule has 1 aliphatic heterocycles. The average molecular weight is 313 g/mol. The van der Waals surface area contributed by atoms with Crippen LogP contribution in [0.5, 0.6) is 5.75 Å². The molecular formula is C14H19NO5S. The summed E-state index contributed by atoms with van der Waals surface area (Å²) in [7, 11) is -0.160. The first-order chi connectivity index (χ1) is 9.95. The molecule has 0 aromatic heterocycles. The lowest BCUT2D eigenvalue weighted by atomic mass is 10.1. The molecule has 1 N–H and O–H groups in total. The van der Waals surface area contributed by atoms with Crippen molar-refractivity contribution in [1.82, 2.24) is 5.32 Å². The molecule has 0 radical (unpaired) electrons. The molecule has 6 nitrogen and oxygen atoms in total. The summed E-state index contributed by atoms with van der Waals surface area (Å²) in [6.45, 7) is 0. The van der Waals surface area contributed by atoms with Gasteiger partial charge < -0.3 is 14.8 Å². The zero-order chi connectivity index (χ0) is 15.5. The van der Waals surface area contributed by atoms with Crippen molar-refractivity contribution in [3.05, 3.63) is 29.8 Å². The molecule has 2 rings (SSSR count). The lowest BCUT2D eigenvalue weighted by Gasteiger charge is -2.18. The highest BCUT2D eigenvalue weighted by Gasteiger charge is 2.38. The quantitative estimate of drug-likeness (QED) is 0.838. The summed E-state index contributed by atoms with van der Waals surface area (Å²) in [6.07, 6.45) is -0.353. The topological polar surface area (TPSA) is 81.7 Å². The van der Waals surface area contributed by atoms with Crippen LogP contribution >= 0.6 is 0 Å². The second-order valence-electron chi connectivity index (χ2n) is 5.01. The van der Waals surface area contributed by atoms with Gasteiger partial charge in [0.1, 0.15) is 5.75 Å². The summed E-state index contributed by atoms with van der Waals surface area (Å²) < 4.78 is 33.5. The zero-order valence-electron chi connectivity index (χ0n) is 12.0. The maximum Gasteiger partial charge on any atom is 0.224 e. The van der Waals surface area contributed by atoms with Gasteiger partial charge >= 0.3 is 0 Å². The van der Waals surface area contributed by atoms with Gasteiger partial charge in [-0.1, -0.05) is 18.2 Å². The van der Waals surface area contributed by atoms with Gasteiger partial charge in [-0.3, -0.25) is 4.79 Å². The van der Waals surface area contributed by atoms with Gasteiger partial charge in [0.2, 0.25) is 5.91 Å². The van der Waals surface area contributed by atoms with Crippen LogP contribution in [0.4, 0.5) is 0 Å². The number of rotatable bonds is 5. The molecule has 0 saturated carbocycles. The summed E-state index contributed by atoms with van der Waals surface area (Å²) in [4.78, 5) is 12.1. The number of carbonyl (C=O) groups excluding carboxylic acids is 1. The maximum atomic E-state index is 12.1. The zero-order valence-corrected chi connectivity index (χ0v) is 12.9. The van der Waals surface area contributed by atoms with Gasteiger partial charge in [0.05, 0.1) is 37.2 Å². The summed E-state index contributed by atoms with van der Waals surface area (Å²) in [6, 6.07) is 6.73. The third kappa shape index (κ3) is 3.95.